The van der Waals surface area contributed by atoms with Gasteiger partial charge in [0, 0.05) is 10.2 Å². The number of hydrogen-bond donors (Lipinski definition) is 2. The molecular weight excluding hydrogens is 340 g/mol. The van der Waals surface area contributed by atoms with Gasteiger partial charge in [0.25, 0.3) is 5.91 Å². The molecule has 2 aromatic rings. The van der Waals surface area contributed by atoms with Crippen LogP contribution in [0, 0.1) is 0 Å². The van der Waals surface area contributed by atoms with Gasteiger partial charge in [0.05, 0.1) is 4.88 Å². The summed E-state index contributed by atoms with van der Waals surface area (Å²) in [6.45, 7) is 1.65. The minimum absolute atomic E-state index is 0.239. The molecule has 0 saturated heterocycles. The lowest BCUT2D eigenvalue weighted by atomic mass is 10.2. The molecule has 0 fully saturated rings. The van der Waals surface area contributed by atoms with Gasteiger partial charge >= 0.3 is 0 Å². The maximum Gasteiger partial charge on any atom is 0.261 e. The molecule has 0 radical (unpaired) electrons. The first-order chi connectivity index (χ1) is 9.56. The van der Waals surface area contributed by atoms with Gasteiger partial charge in [-0.2, -0.15) is 0 Å². The maximum atomic E-state index is 12.0. The van der Waals surface area contributed by atoms with E-state index in [1.54, 1.807) is 31.2 Å². The van der Waals surface area contributed by atoms with Crippen LogP contribution in [0.3, 0.4) is 0 Å². The minimum Gasteiger partial charge on any atom is -0.340 e. The highest BCUT2D eigenvalue weighted by Gasteiger charge is 2.17. The molecule has 0 bridgehead atoms. The molecule has 2 N–H and O–H groups in total. The summed E-state index contributed by atoms with van der Waals surface area (Å²) >= 11 is 4.68. The Bertz CT molecular complexity index is 613. The van der Waals surface area contributed by atoms with E-state index in [1.165, 1.54) is 11.3 Å². The van der Waals surface area contributed by atoms with E-state index in [-0.39, 0.29) is 11.8 Å². The second-order valence-corrected chi connectivity index (χ2v) is 6.04. The van der Waals surface area contributed by atoms with E-state index in [0.717, 1.165) is 4.47 Å². The molecule has 20 heavy (non-hydrogen) atoms. The lowest BCUT2D eigenvalue weighted by molar-refractivity contribution is -0.117. The zero-order chi connectivity index (χ0) is 14.5. The lowest BCUT2D eigenvalue weighted by Crippen LogP contribution is -2.41. The molecule has 104 valence electrons. The van der Waals surface area contributed by atoms with Crippen LogP contribution in [0.5, 0.6) is 0 Å². The van der Waals surface area contributed by atoms with Crippen LogP contribution >= 0.6 is 27.3 Å². The summed E-state index contributed by atoms with van der Waals surface area (Å²) < 4.78 is 0.880. The number of amides is 2. The van der Waals surface area contributed by atoms with Gasteiger partial charge in [-0.15, -0.1) is 11.3 Å². The van der Waals surface area contributed by atoms with Gasteiger partial charge < -0.3 is 10.6 Å². The Morgan fingerprint density at radius 2 is 2.05 bits per heavy atom. The van der Waals surface area contributed by atoms with Crippen molar-refractivity contribution in [2.45, 2.75) is 13.0 Å². The van der Waals surface area contributed by atoms with Crippen LogP contribution in [0.15, 0.2) is 46.3 Å². The van der Waals surface area contributed by atoms with Gasteiger partial charge in [-0.25, -0.2) is 0 Å². The Morgan fingerprint density at radius 1 is 1.25 bits per heavy atom. The highest BCUT2D eigenvalue weighted by Crippen LogP contribution is 2.15. The zero-order valence-electron chi connectivity index (χ0n) is 10.7. The smallest absolute Gasteiger partial charge is 0.261 e. The first kappa shape index (κ1) is 14.7. The van der Waals surface area contributed by atoms with E-state index in [1.807, 2.05) is 17.5 Å². The van der Waals surface area contributed by atoms with Crippen molar-refractivity contribution in [3.05, 3.63) is 51.1 Å². The molecular formula is C14H13BrN2O2S. The van der Waals surface area contributed by atoms with Gasteiger partial charge in [-0.05, 0) is 36.6 Å². The van der Waals surface area contributed by atoms with Crippen LogP contribution in [-0.4, -0.2) is 17.9 Å². The third kappa shape index (κ3) is 3.91. The normalized spacial score (nSPS) is 11.7. The van der Waals surface area contributed by atoms with Gasteiger partial charge in [0.1, 0.15) is 6.04 Å². The molecule has 0 aliphatic carbocycles. The monoisotopic (exact) mass is 352 g/mol. The molecule has 0 aliphatic rings. The Morgan fingerprint density at radius 3 is 2.70 bits per heavy atom. The number of halogens is 1. The number of hydrogen-bond acceptors (Lipinski definition) is 3. The fourth-order valence-electron chi connectivity index (χ4n) is 1.56. The van der Waals surface area contributed by atoms with Crippen molar-refractivity contribution in [2.75, 3.05) is 5.32 Å². The largest absolute Gasteiger partial charge is 0.340 e. The maximum absolute atomic E-state index is 12.0. The number of nitrogens with one attached hydrogen (secondary N) is 2. The van der Waals surface area contributed by atoms with Gasteiger partial charge in [0.2, 0.25) is 5.91 Å². The molecule has 1 atom stereocenters. The van der Waals surface area contributed by atoms with Crippen molar-refractivity contribution >= 4 is 44.8 Å². The minimum atomic E-state index is -0.608. The third-order valence-electron chi connectivity index (χ3n) is 2.58. The molecule has 1 aromatic carbocycles. The molecule has 2 rings (SSSR count). The average molecular weight is 353 g/mol. The van der Waals surface area contributed by atoms with Crippen molar-refractivity contribution in [1.82, 2.24) is 5.32 Å². The topological polar surface area (TPSA) is 58.2 Å². The van der Waals surface area contributed by atoms with Gasteiger partial charge in [-0.3, -0.25) is 9.59 Å². The molecule has 6 heteroatoms. The third-order valence-corrected chi connectivity index (χ3v) is 3.94. The predicted molar refractivity (Wildman–Crippen MR) is 84.0 cm³/mol. The zero-order valence-corrected chi connectivity index (χ0v) is 13.1. The van der Waals surface area contributed by atoms with E-state index in [4.69, 9.17) is 0 Å². The first-order valence-electron chi connectivity index (χ1n) is 5.97. The van der Waals surface area contributed by atoms with Crippen LogP contribution in [0.2, 0.25) is 0 Å². The summed E-state index contributed by atoms with van der Waals surface area (Å²) in [6, 6.07) is 10.2. The quantitative estimate of drug-likeness (QED) is 0.886. The van der Waals surface area contributed by atoms with E-state index in [0.29, 0.717) is 10.6 Å². The van der Waals surface area contributed by atoms with Crippen LogP contribution in [0.4, 0.5) is 5.69 Å². The summed E-state index contributed by atoms with van der Waals surface area (Å²) in [6.07, 6.45) is 0. The summed E-state index contributed by atoms with van der Waals surface area (Å²) in [5.41, 5.74) is 0.682. The molecule has 4 nitrogen and oxygen atoms in total. The highest BCUT2D eigenvalue weighted by atomic mass is 79.9. The Balaban J connectivity index is 1.94. The van der Waals surface area contributed by atoms with Crippen molar-refractivity contribution in [3.63, 3.8) is 0 Å². The second kappa shape index (κ2) is 6.67. The van der Waals surface area contributed by atoms with Gasteiger partial charge in [-0.1, -0.05) is 28.1 Å². The van der Waals surface area contributed by atoms with Crippen molar-refractivity contribution in [3.8, 4) is 0 Å². The van der Waals surface area contributed by atoms with Crippen LogP contribution in [0.1, 0.15) is 16.6 Å². The van der Waals surface area contributed by atoms with Crippen molar-refractivity contribution in [1.29, 1.82) is 0 Å². The number of thiophene rings is 1. The summed E-state index contributed by atoms with van der Waals surface area (Å²) in [5.74, 6) is -0.495. The fraction of sp³-hybridized carbons (Fsp3) is 0.143. The predicted octanol–water partition coefficient (Wildman–Crippen LogP) is 3.27. The number of carbonyl (C=O) groups excluding carboxylic acids is 2. The lowest BCUT2D eigenvalue weighted by Gasteiger charge is -2.13. The summed E-state index contributed by atoms with van der Waals surface area (Å²) in [5, 5.41) is 7.24. The summed E-state index contributed by atoms with van der Waals surface area (Å²) in [4.78, 5) is 24.4. The number of carbonyl (C=O) groups is 2. The standard InChI is InChI=1S/C14H13BrN2O2S/c1-9(16-14(19)12-6-3-7-20-12)13(18)17-11-5-2-4-10(15)8-11/h2-9H,1H3,(H,16,19)(H,17,18). The fourth-order valence-corrected chi connectivity index (χ4v) is 2.58. The van der Waals surface area contributed by atoms with E-state index in [9.17, 15) is 9.59 Å². The van der Waals surface area contributed by atoms with E-state index in [2.05, 4.69) is 26.6 Å². The van der Waals surface area contributed by atoms with E-state index >= 15 is 0 Å². The second-order valence-electron chi connectivity index (χ2n) is 4.17. The number of benzene rings is 1. The SMILES string of the molecule is CC(NC(=O)c1cccs1)C(=O)Nc1cccc(Br)c1. The van der Waals surface area contributed by atoms with Crippen LogP contribution < -0.4 is 10.6 Å². The molecule has 2 amide bonds. The molecule has 0 saturated carbocycles. The summed E-state index contributed by atoms with van der Waals surface area (Å²) in [7, 11) is 0. The number of anilines is 1. The van der Waals surface area contributed by atoms with Crippen molar-refractivity contribution in [2.24, 2.45) is 0 Å². The average Bonchev–Trinajstić information content (AvgIpc) is 2.92. The van der Waals surface area contributed by atoms with Crippen LogP contribution in [0.25, 0.3) is 0 Å². The Kier molecular flexibility index (Phi) is 4.92. The number of rotatable bonds is 4. The van der Waals surface area contributed by atoms with Crippen LogP contribution in [-0.2, 0) is 4.79 Å². The Labute approximate surface area is 129 Å². The molecule has 0 spiro atoms. The first-order valence-corrected chi connectivity index (χ1v) is 7.64. The Hall–Kier alpha value is -1.66. The van der Waals surface area contributed by atoms with Crippen molar-refractivity contribution < 1.29 is 9.59 Å². The molecule has 1 heterocycles. The molecule has 1 aromatic heterocycles. The highest BCUT2D eigenvalue weighted by molar-refractivity contribution is 9.10. The molecule has 1 unspecified atom stereocenters. The van der Waals surface area contributed by atoms with E-state index < -0.39 is 6.04 Å². The van der Waals surface area contributed by atoms with Gasteiger partial charge in [0.15, 0.2) is 0 Å². The molecule has 0 aliphatic heterocycles.